The lowest BCUT2D eigenvalue weighted by atomic mass is 10.0. The van der Waals surface area contributed by atoms with Crippen molar-refractivity contribution in [1.29, 1.82) is 0 Å². The van der Waals surface area contributed by atoms with Gasteiger partial charge in [-0.3, -0.25) is 4.90 Å². The van der Waals surface area contributed by atoms with E-state index in [1.807, 2.05) is 0 Å². The highest BCUT2D eigenvalue weighted by Gasteiger charge is 2.17. The number of hydrogen-bond acceptors (Lipinski definition) is 1. The maximum Gasteiger partial charge on any atom is 0.0315 e. The Balaban J connectivity index is 2.74. The fraction of sp³-hybridized carbons (Fsp3) is 0.692. The Bertz CT molecular complexity index is 516. The molecule has 0 amide bonds. The second-order valence-corrected chi connectivity index (χ2v) is 8.96. The summed E-state index contributed by atoms with van der Waals surface area (Å²) in [6.45, 7) is 16.0. The van der Waals surface area contributed by atoms with Crippen molar-refractivity contribution in [2.75, 3.05) is 13.1 Å². The van der Waals surface area contributed by atoms with Crippen molar-refractivity contribution < 1.29 is 0 Å². The van der Waals surface area contributed by atoms with E-state index in [9.17, 15) is 0 Å². The molecule has 0 spiro atoms. The molecule has 1 nitrogen and oxygen atoms in total. The minimum absolute atomic E-state index is 0.577. The standard InChI is InChI=1S/C26H45N/c1-22(2)13-11-15-24(5)17-18-26(27-19-9-7-8-10-20-27)21-25(6)16-12-14-23(3)4/h13-14,17,21,26H,7-12,15-16,18-20H2,1-6H3/b24-17+,25-21+. The molecular weight excluding hydrogens is 326 g/mol. The van der Waals surface area contributed by atoms with Gasteiger partial charge in [-0.05, 0) is 99.6 Å². The van der Waals surface area contributed by atoms with E-state index in [4.69, 9.17) is 0 Å². The molecule has 0 aliphatic carbocycles. The molecule has 1 aliphatic heterocycles. The minimum Gasteiger partial charge on any atom is -0.297 e. The highest BCUT2D eigenvalue weighted by Crippen LogP contribution is 2.20. The maximum atomic E-state index is 2.75. The van der Waals surface area contributed by atoms with Gasteiger partial charge in [0.1, 0.15) is 0 Å². The van der Waals surface area contributed by atoms with Crippen LogP contribution in [-0.2, 0) is 0 Å². The van der Waals surface area contributed by atoms with Gasteiger partial charge < -0.3 is 0 Å². The Hall–Kier alpha value is -1.08. The molecule has 1 unspecified atom stereocenters. The van der Waals surface area contributed by atoms with Crippen molar-refractivity contribution in [2.24, 2.45) is 0 Å². The van der Waals surface area contributed by atoms with Crippen LogP contribution in [0.1, 0.15) is 99.3 Å². The number of likely N-dealkylation sites (tertiary alicyclic amines) is 1. The smallest absolute Gasteiger partial charge is 0.0315 e. The van der Waals surface area contributed by atoms with E-state index < -0.39 is 0 Å². The van der Waals surface area contributed by atoms with E-state index in [1.54, 1.807) is 11.1 Å². The third kappa shape index (κ3) is 12.1. The quantitative estimate of drug-likeness (QED) is 0.351. The van der Waals surface area contributed by atoms with Crippen molar-refractivity contribution >= 4 is 0 Å². The first-order chi connectivity index (χ1) is 12.9. The summed E-state index contributed by atoms with van der Waals surface area (Å²) in [5.41, 5.74) is 5.96. The summed E-state index contributed by atoms with van der Waals surface area (Å²) in [4.78, 5) is 2.75. The van der Waals surface area contributed by atoms with Crippen LogP contribution in [0.15, 0.2) is 46.6 Å². The van der Waals surface area contributed by atoms with Gasteiger partial charge in [0.25, 0.3) is 0 Å². The normalized spacial score (nSPS) is 18.0. The third-order valence-corrected chi connectivity index (χ3v) is 5.48. The molecule has 1 saturated heterocycles. The summed E-state index contributed by atoms with van der Waals surface area (Å²) in [6.07, 6.45) is 21.3. The SMILES string of the molecule is CC(C)=CCC/C(C)=C/CC(/C=C(\C)CCC=C(C)C)N1CCCCCC1. The highest BCUT2D eigenvalue weighted by atomic mass is 15.1. The van der Waals surface area contributed by atoms with Crippen LogP contribution in [0.3, 0.4) is 0 Å². The van der Waals surface area contributed by atoms with E-state index in [2.05, 4.69) is 70.7 Å². The molecule has 1 fully saturated rings. The van der Waals surface area contributed by atoms with Gasteiger partial charge in [0.15, 0.2) is 0 Å². The van der Waals surface area contributed by atoms with Crippen molar-refractivity contribution in [1.82, 2.24) is 4.90 Å². The molecule has 0 aromatic heterocycles. The second kappa shape index (κ2) is 14.0. The molecule has 0 saturated carbocycles. The Kier molecular flexibility index (Phi) is 12.4. The van der Waals surface area contributed by atoms with Crippen molar-refractivity contribution in [3.05, 3.63) is 46.6 Å². The predicted molar refractivity (Wildman–Crippen MR) is 123 cm³/mol. The van der Waals surface area contributed by atoms with E-state index in [0.717, 1.165) is 0 Å². The van der Waals surface area contributed by atoms with Gasteiger partial charge in [-0.25, -0.2) is 0 Å². The summed E-state index contributed by atoms with van der Waals surface area (Å²) in [5.74, 6) is 0. The maximum absolute atomic E-state index is 2.75. The fourth-order valence-corrected chi connectivity index (χ4v) is 3.76. The number of nitrogens with zero attached hydrogens (tertiary/aromatic N) is 1. The first-order valence-corrected chi connectivity index (χ1v) is 11.2. The zero-order valence-electron chi connectivity index (χ0n) is 19.1. The minimum atomic E-state index is 0.577. The lowest BCUT2D eigenvalue weighted by molar-refractivity contribution is 0.238. The lowest BCUT2D eigenvalue weighted by Gasteiger charge is -2.28. The Morgan fingerprint density at radius 3 is 1.74 bits per heavy atom. The largest absolute Gasteiger partial charge is 0.297 e. The lowest BCUT2D eigenvalue weighted by Crippen LogP contribution is -2.34. The molecule has 154 valence electrons. The summed E-state index contributed by atoms with van der Waals surface area (Å²) >= 11 is 0. The molecule has 0 radical (unpaired) electrons. The van der Waals surface area contributed by atoms with Crippen LogP contribution >= 0.6 is 0 Å². The van der Waals surface area contributed by atoms with Crippen molar-refractivity contribution in [3.63, 3.8) is 0 Å². The van der Waals surface area contributed by atoms with Crippen LogP contribution in [0.5, 0.6) is 0 Å². The first kappa shape index (κ1) is 24.0. The molecule has 27 heavy (non-hydrogen) atoms. The van der Waals surface area contributed by atoms with E-state index in [0.29, 0.717) is 6.04 Å². The fourth-order valence-electron chi connectivity index (χ4n) is 3.76. The molecule has 1 heteroatoms. The summed E-state index contributed by atoms with van der Waals surface area (Å²) in [5, 5.41) is 0. The molecular formula is C26H45N. The molecule has 0 aromatic carbocycles. The van der Waals surface area contributed by atoms with Gasteiger partial charge in [-0.1, -0.05) is 59.4 Å². The van der Waals surface area contributed by atoms with Crippen molar-refractivity contribution in [2.45, 2.75) is 105 Å². The van der Waals surface area contributed by atoms with Gasteiger partial charge in [0.05, 0.1) is 0 Å². The summed E-state index contributed by atoms with van der Waals surface area (Å²) in [7, 11) is 0. The van der Waals surface area contributed by atoms with Crippen LogP contribution in [0.4, 0.5) is 0 Å². The summed E-state index contributed by atoms with van der Waals surface area (Å²) < 4.78 is 0. The average molecular weight is 372 g/mol. The van der Waals surface area contributed by atoms with E-state index in [1.165, 1.54) is 82.0 Å². The Morgan fingerprint density at radius 2 is 1.22 bits per heavy atom. The molecule has 0 N–H and O–H groups in total. The molecule has 1 rings (SSSR count). The molecule has 0 aromatic rings. The number of hydrogen-bond donors (Lipinski definition) is 0. The zero-order chi connectivity index (χ0) is 20.1. The van der Waals surface area contributed by atoms with Crippen LogP contribution in [0.25, 0.3) is 0 Å². The van der Waals surface area contributed by atoms with Crippen LogP contribution < -0.4 is 0 Å². The Labute approximate surface area is 170 Å². The van der Waals surface area contributed by atoms with Crippen LogP contribution in [-0.4, -0.2) is 24.0 Å². The van der Waals surface area contributed by atoms with Gasteiger partial charge >= 0.3 is 0 Å². The van der Waals surface area contributed by atoms with E-state index >= 15 is 0 Å². The summed E-state index contributed by atoms with van der Waals surface area (Å²) in [6, 6.07) is 0.577. The van der Waals surface area contributed by atoms with Crippen molar-refractivity contribution in [3.8, 4) is 0 Å². The topological polar surface area (TPSA) is 3.24 Å². The Morgan fingerprint density at radius 1 is 0.704 bits per heavy atom. The zero-order valence-corrected chi connectivity index (χ0v) is 19.1. The third-order valence-electron chi connectivity index (χ3n) is 5.48. The average Bonchev–Trinajstić information content (AvgIpc) is 2.87. The number of allylic oxidation sites excluding steroid dienone is 6. The monoisotopic (exact) mass is 371 g/mol. The molecule has 1 atom stereocenters. The van der Waals surface area contributed by atoms with Gasteiger partial charge in [0, 0.05) is 6.04 Å². The van der Waals surface area contributed by atoms with Gasteiger partial charge in [-0.2, -0.15) is 0 Å². The molecule has 1 heterocycles. The van der Waals surface area contributed by atoms with Crippen LogP contribution in [0, 0.1) is 0 Å². The van der Waals surface area contributed by atoms with Gasteiger partial charge in [0.2, 0.25) is 0 Å². The molecule has 1 aliphatic rings. The number of rotatable bonds is 10. The molecule has 0 bridgehead atoms. The first-order valence-electron chi connectivity index (χ1n) is 11.2. The highest BCUT2D eigenvalue weighted by molar-refractivity contribution is 5.11. The second-order valence-electron chi connectivity index (χ2n) is 8.96. The van der Waals surface area contributed by atoms with E-state index in [-0.39, 0.29) is 0 Å². The van der Waals surface area contributed by atoms with Crippen LogP contribution in [0.2, 0.25) is 0 Å². The predicted octanol–water partition coefficient (Wildman–Crippen LogP) is 8.01. The van der Waals surface area contributed by atoms with Gasteiger partial charge in [-0.15, -0.1) is 0 Å².